The molecule has 0 radical (unpaired) electrons. The number of halogens is 3. The summed E-state index contributed by atoms with van der Waals surface area (Å²) in [6, 6.07) is 14.9. The lowest BCUT2D eigenvalue weighted by molar-refractivity contribution is -0.274. The van der Waals surface area contributed by atoms with Crippen LogP contribution in [-0.4, -0.2) is 49.1 Å². The molecular formula is C25H30F3N5O. The molecule has 9 heteroatoms. The van der Waals surface area contributed by atoms with E-state index >= 15 is 0 Å². The van der Waals surface area contributed by atoms with E-state index in [9.17, 15) is 13.2 Å². The number of rotatable bonds is 8. The van der Waals surface area contributed by atoms with Crippen molar-refractivity contribution in [1.29, 1.82) is 0 Å². The minimum atomic E-state index is -4.67. The van der Waals surface area contributed by atoms with E-state index in [1.165, 1.54) is 12.1 Å². The molecule has 1 heterocycles. The quantitative estimate of drug-likeness (QED) is 0.472. The number of hydrogen-bond acceptors (Lipinski definition) is 6. The van der Waals surface area contributed by atoms with Gasteiger partial charge >= 0.3 is 6.36 Å². The van der Waals surface area contributed by atoms with E-state index in [1.807, 2.05) is 49.3 Å². The summed E-state index contributed by atoms with van der Waals surface area (Å²) in [5.74, 6) is 1.37. The van der Waals surface area contributed by atoms with E-state index in [4.69, 9.17) is 9.97 Å². The fourth-order valence-corrected chi connectivity index (χ4v) is 4.41. The SMILES string of the molecule is CN(C)c1nc(NC2CCC(NCCc3cccc(OC(F)(F)F)c3)CC2)nc2ccccc12. The van der Waals surface area contributed by atoms with Gasteiger partial charge in [0.05, 0.1) is 5.52 Å². The Balaban J connectivity index is 1.26. The average molecular weight is 474 g/mol. The van der Waals surface area contributed by atoms with E-state index in [1.54, 1.807) is 6.07 Å². The van der Waals surface area contributed by atoms with Gasteiger partial charge < -0.3 is 20.3 Å². The van der Waals surface area contributed by atoms with Gasteiger partial charge in [0.25, 0.3) is 0 Å². The van der Waals surface area contributed by atoms with Gasteiger partial charge in [-0.1, -0.05) is 24.3 Å². The normalized spacial score (nSPS) is 18.6. The number of hydrogen-bond donors (Lipinski definition) is 2. The summed E-state index contributed by atoms with van der Waals surface area (Å²) in [5.41, 5.74) is 1.73. The second kappa shape index (κ2) is 10.5. The van der Waals surface area contributed by atoms with Gasteiger partial charge in [0, 0.05) is 31.6 Å². The molecule has 0 saturated heterocycles. The van der Waals surface area contributed by atoms with Crippen molar-refractivity contribution in [3.63, 3.8) is 0 Å². The number of anilines is 2. The Morgan fingerprint density at radius 3 is 2.44 bits per heavy atom. The molecule has 0 aliphatic heterocycles. The van der Waals surface area contributed by atoms with Crippen molar-refractivity contribution in [2.45, 2.75) is 50.6 Å². The molecule has 1 fully saturated rings. The largest absolute Gasteiger partial charge is 0.573 e. The molecule has 0 amide bonds. The number of para-hydroxylation sites is 1. The van der Waals surface area contributed by atoms with Crippen LogP contribution in [0.2, 0.25) is 0 Å². The Morgan fingerprint density at radius 2 is 1.71 bits per heavy atom. The summed E-state index contributed by atoms with van der Waals surface area (Å²) >= 11 is 0. The van der Waals surface area contributed by atoms with Crippen molar-refractivity contribution >= 4 is 22.7 Å². The highest BCUT2D eigenvalue weighted by molar-refractivity contribution is 5.90. The molecule has 1 aliphatic carbocycles. The Kier molecular flexibility index (Phi) is 7.41. The lowest BCUT2D eigenvalue weighted by atomic mass is 9.91. The number of fused-ring (bicyclic) bond motifs is 1. The first kappa shape index (κ1) is 24.1. The number of aromatic nitrogens is 2. The molecule has 2 N–H and O–H groups in total. The summed E-state index contributed by atoms with van der Waals surface area (Å²) in [6.45, 7) is 0.707. The van der Waals surface area contributed by atoms with E-state index in [0.717, 1.165) is 48.0 Å². The monoisotopic (exact) mass is 473 g/mol. The molecule has 0 unspecified atom stereocenters. The fourth-order valence-electron chi connectivity index (χ4n) is 4.41. The maximum absolute atomic E-state index is 12.4. The Bertz CT molecular complexity index is 1100. The lowest BCUT2D eigenvalue weighted by Crippen LogP contribution is -2.38. The van der Waals surface area contributed by atoms with Gasteiger partial charge in [-0.2, -0.15) is 4.98 Å². The second-order valence-electron chi connectivity index (χ2n) is 8.87. The molecule has 182 valence electrons. The molecule has 34 heavy (non-hydrogen) atoms. The molecule has 2 aromatic carbocycles. The van der Waals surface area contributed by atoms with E-state index in [0.29, 0.717) is 31.0 Å². The number of benzene rings is 2. The van der Waals surface area contributed by atoms with Crippen LogP contribution in [0, 0.1) is 0 Å². The molecule has 1 aliphatic rings. The van der Waals surface area contributed by atoms with Gasteiger partial charge in [0.1, 0.15) is 11.6 Å². The summed E-state index contributed by atoms with van der Waals surface area (Å²) in [4.78, 5) is 11.4. The number of nitrogens with one attached hydrogen (secondary N) is 2. The Labute approximate surface area is 197 Å². The fraction of sp³-hybridized carbons (Fsp3) is 0.440. The Morgan fingerprint density at radius 1 is 0.971 bits per heavy atom. The van der Waals surface area contributed by atoms with Gasteiger partial charge in [-0.15, -0.1) is 13.2 Å². The van der Waals surface area contributed by atoms with Crippen molar-refractivity contribution in [3.05, 3.63) is 54.1 Å². The third-order valence-corrected chi connectivity index (χ3v) is 6.05. The third kappa shape index (κ3) is 6.50. The highest BCUT2D eigenvalue weighted by Gasteiger charge is 2.31. The maximum Gasteiger partial charge on any atom is 0.573 e. The molecule has 3 aromatic rings. The van der Waals surface area contributed by atoms with Gasteiger partial charge in [0.2, 0.25) is 5.95 Å². The minimum absolute atomic E-state index is 0.176. The van der Waals surface area contributed by atoms with Crippen LogP contribution < -0.4 is 20.3 Å². The van der Waals surface area contributed by atoms with Crippen LogP contribution in [0.1, 0.15) is 31.2 Å². The third-order valence-electron chi connectivity index (χ3n) is 6.05. The topological polar surface area (TPSA) is 62.3 Å². The van der Waals surface area contributed by atoms with Crippen LogP contribution in [0.3, 0.4) is 0 Å². The zero-order valence-corrected chi connectivity index (χ0v) is 19.4. The van der Waals surface area contributed by atoms with Crippen LogP contribution in [0.4, 0.5) is 24.9 Å². The smallest absolute Gasteiger partial charge is 0.406 e. The van der Waals surface area contributed by atoms with Crippen LogP contribution in [-0.2, 0) is 6.42 Å². The van der Waals surface area contributed by atoms with Crippen molar-refractivity contribution < 1.29 is 17.9 Å². The minimum Gasteiger partial charge on any atom is -0.406 e. The van der Waals surface area contributed by atoms with Crippen LogP contribution >= 0.6 is 0 Å². The standard InChI is InChI=1S/C25H30F3N5O/c1-33(2)23-21-8-3-4-9-22(21)31-24(32-23)30-19-12-10-18(11-13-19)29-15-14-17-6-5-7-20(16-17)34-25(26,27)28/h3-9,16,18-19,29H,10-15H2,1-2H3,(H,30,31,32). The molecule has 0 bridgehead atoms. The average Bonchev–Trinajstić information content (AvgIpc) is 2.79. The van der Waals surface area contributed by atoms with Crippen molar-refractivity contribution in [3.8, 4) is 5.75 Å². The number of ether oxygens (including phenoxy) is 1. The summed E-state index contributed by atoms with van der Waals surface area (Å²) < 4.78 is 41.2. The van der Waals surface area contributed by atoms with Gasteiger partial charge in [-0.3, -0.25) is 0 Å². The summed E-state index contributed by atoms with van der Waals surface area (Å²) in [5, 5.41) is 8.08. The van der Waals surface area contributed by atoms with Gasteiger partial charge in [0.15, 0.2) is 0 Å². The molecule has 1 saturated carbocycles. The van der Waals surface area contributed by atoms with E-state index in [2.05, 4.69) is 15.4 Å². The van der Waals surface area contributed by atoms with Crippen molar-refractivity contribution in [2.75, 3.05) is 30.9 Å². The number of nitrogens with zero attached hydrogens (tertiary/aromatic N) is 3. The molecule has 4 rings (SSSR count). The van der Waals surface area contributed by atoms with Crippen LogP contribution in [0.15, 0.2) is 48.5 Å². The van der Waals surface area contributed by atoms with Crippen molar-refractivity contribution in [2.24, 2.45) is 0 Å². The van der Waals surface area contributed by atoms with Crippen LogP contribution in [0.25, 0.3) is 10.9 Å². The highest BCUT2D eigenvalue weighted by Crippen LogP contribution is 2.27. The summed E-state index contributed by atoms with van der Waals surface area (Å²) in [6.07, 6.45) is 0.00702. The van der Waals surface area contributed by atoms with Crippen LogP contribution in [0.5, 0.6) is 5.75 Å². The number of alkyl halides is 3. The molecule has 0 spiro atoms. The Hall–Kier alpha value is -3.07. The van der Waals surface area contributed by atoms with E-state index < -0.39 is 6.36 Å². The first-order valence-corrected chi connectivity index (χ1v) is 11.6. The van der Waals surface area contributed by atoms with Crippen molar-refractivity contribution in [1.82, 2.24) is 15.3 Å². The summed E-state index contributed by atoms with van der Waals surface area (Å²) in [7, 11) is 3.96. The molecule has 1 aromatic heterocycles. The second-order valence-corrected chi connectivity index (χ2v) is 8.87. The molecule has 0 atom stereocenters. The predicted octanol–water partition coefficient (Wildman–Crippen LogP) is 5.15. The maximum atomic E-state index is 12.4. The zero-order valence-electron chi connectivity index (χ0n) is 19.4. The predicted molar refractivity (Wildman–Crippen MR) is 128 cm³/mol. The first-order valence-electron chi connectivity index (χ1n) is 11.6. The zero-order chi connectivity index (χ0) is 24.1. The highest BCUT2D eigenvalue weighted by atomic mass is 19.4. The molecule has 6 nitrogen and oxygen atoms in total. The van der Waals surface area contributed by atoms with Gasteiger partial charge in [-0.05, 0) is 68.5 Å². The van der Waals surface area contributed by atoms with Gasteiger partial charge in [-0.25, -0.2) is 4.98 Å². The molecular weight excluding hydrogens is 443 g/mol. The van der Waals surface area contributed by atoms with E-state index in [-0.39, 0.29) is 5.75 Å². The lowest BCUT2D eigenvalue weighted by Gasteiger charge is -2.30. The first-order chi connectivity index (χ1) is 16.3.